The van der Waals surface area contributed by atoms with Crippen molar-refractivity contribution in [1.29, 1.82) is 0 Å². The van der Waals surface area contributed by atoms with Crippen LogP contribution in [0.4, 0.5) is 0 Å². The zero-order valence-electron chi connectivity index (χ0n) is 33.2. The number of aromatic nitrogens is 1. The van der Waals surface area contributed by atoms with Gasteiger partial charge in [-0.3, -0.25) is 9.69 Å². The van der Waals surface area contributed by atoms with Gasteiger partial charge in [0.05, 0.1) is 33.3 Å². The molecule has 310 valence electrons. The number of esters is 2. The molecule has 0 aliphatic carbocycles. The van der Waals surface area contributed by atoms with E-state index in [-0.39, 0.29) is 48.5 Å². The van der Waals surface area contributed by atoms with Crippen LogP contribution < -0.4 is 23.9 Å². The molecule has 5 aromatic rings. The summed E-state index contributed by atoms with van der Waals surface area (Å²) in [5.41, 5.74) is 4.16. The fraction of sp³-hybridized carbons (Fsp3) is 0.326. The summed E-state index contributed by atoms with van der Waals surface area (Å²) in [7, 11) is 4.62. The van der Waals surface area contributed by atoms with E-state index in [1.54, 1.807) is 49.8 Å². The number of hydrogen-bond acceptors (Lipinski definition) is 10. The maximum absolute atomic E-state index is 14.0. The number of carbonyl (C=O) groups is 2. The zero-order valence-corrected chi connectivity index (χ0v) is 34.7. The maximum atomic E-state index is 14.0. The van der Waals surface area contributed by atoms with Crippen LogP contribution in [0.2, 0.25) is 10.0 Å². The van der Waals surface area contributed by atoms with E-state index in [9.17, 15) is 9.59 Å². The average Bonchev–Trinajstić information content (AvgIpc) is 3.26. The maximum Gasteiger partial charge on any atom is 0.338 e. The second-order valence-corrected chi connectivity index (χ2v) is 15.4. The first-order valence-corrected chi connectivity index (χ1v) is 20.1. The lowest BCUT2D eigenvalue weighted by Crippen LogP contribution is -2.52. The van der Waals surface area contributed by atoms with E-state index in [0.29, 0.717) is 55.7 Å². The van der Waals surface area contributed by atoms with Crippen LogP contribution in [-0.4, -0.2) is 69.4 Å². The normalized spacial score (nSPS) is 17.8. The van der Waals surface area contributed by atoms with Crippen LogP contribution in [0.25, 0.3) is 0 Å². The Hall–Kier alpha value is -5.33. The topological polar surface area (TPSA) is 137 Å². The first-order valence-electron chi connectivity index (χ1n) is 19.4. The van der Waals surface area contributed by atoms with Crippen LogP contribution in [0, 0.1) is 5.92 Å². The minimum absolute atomic E-state index is 0. The van der Waals surface area contributed by atoms with Crippen molar-refractivity contribution in [3.63, 3.8) is 0 Å². The summed E-state index contributed by atoms with van der Waals surface area (Å²) < 4.78 is 35.2. The highest BCUT2D eigenvalue weighted by Gasteiger charge is 2.37. The zero-order chi connectivity index (χ0) is 40.6. The second-order valence-electron chi connectivity index (χ2n) is 14.6. The lowest BCUT2D eigenvalue weighted by atomic mass is 9.85. The number of methoxy groups -OCH3 is 3. The predicted octanol–water partition coefficient (Wildman–Crippen LogP) is 8.54. The number of nitrogens with one attached hydrogen (secondary N) is 1. The van der Waals surface area contributed by atoms with Gasteiger partial charge in [0.15, 0.2) is 23.9 Å². The molecule has 11 nitrogen and oxygen atoms in total. The molecule has 1 aromatic heterocycles. The van der Waals surface area contributed by atoms with Crippen molar-refractivity contribution in [3.8, 4) is 23.0 Å². The summed E-state index contributed by atoms with van der Waals surface area (Å²) in [4.78, 5) is 32.7. The number of carbonyl (C=O) groups excluding carboxylic acids is 2. The summed E-state index contributed by atoms with van der Waals surface area (Å²) in [6, 6.07) is 28.2. The van der Waals surface area contributed by atoms with Gasteiger partial charge in [0.2, 0.25) is 0 Å². The average molecular weight is 844 g/mol. The van der Waals surface area contributed by atoms with Crippen molar-refractivity contribution in [2.45, 2.75) is 50.4 Å². The Morgan fingerprint density at radius 1 is 0.780 bits per heavy atom. The molecule has 4 aromatic carbocycles. The molecule has 8 rings (SSSR count). The summed E-state index contributed by atoms with van der Waals surface area (Å²) in [6.07, 6.45) is 4.94. The largest absolute Gasteiger partial charge is 0.870 e. The van der Waals surface area contributed by atoms with Crippen molar-refractivity contribution in [1.82, 2.24) is 4.90 Å². The van der Waals surface area contributed by atoms with Crippen LogP contribution >= 0.6 is 23.2 Å². The molecule has 2 bridgehead atoms. The monoisotopic (exact) mass is 842 g/mol. The van der Waals surface area contributed by atoms with Crippen molar-refractivity contribution >= 4 is 35.1 Å². The van der Waals surface area contributed by atoms with Crippen LogP contribution in [0.1, 0.15) is 69.5 Å². The molecule has 2 N–H and O–H groups in total. The Labute approximate surface area is 354 Å². The van der Waals surface area contributed by atoms with Gasteiger partial charge in [-0.05, 0) is 96.6 Å². The number of hydrogen-bond donors (Lipinski definition) is 0. The molecule has 3 aliphatic heterocycles. The molecule has 0 saturated carbocycles. The molecule has 4 heterocycles. The number of H-pyrrole nitrogens is 1. The van der Waals surface area contributed by atoms with Gasteiger partial charge >= 0.3 is 11.9 Å². The number of halogens is 2. The number of pyridine rings is 1. The summed E-state index contributed by atoms with van der Waals surface area (Å²) >= 11 is 13.1. The van der Waals surface area contributed by atoms with E-state index < -0.39 is 12.1 Å². The Bertz CT molecular complexity index is 2190. The summed E-state index contributed by atoms with van der Waals surface area (Å²) in [6.45, 7) is 3.11. The molecule has 3 saturated heterocycles. The molecule has 13 heteroatoms. The number of benzene rings is 4. The summed E-state index contributed by atoms with van der Waals surface area (Å²) in [5, 5.41) is 0.803. The van der Waals surface area contributed by atoms with Gasteiger partial charge in [0.1, 0.15) is 40.4 Å². The fourth-order valence-electron chi connectivity index (χ4n) is 7.84. The van der Waals surface area contributed by atoms with E-state index in [2.05, 4.69) is 9.88 Å². The predicted molar refractivity (Wildman–Crippen MR) is 222 cm³/mol. The number of rotatable bonds is 16. The Balaban J connectivity index is 0.00000585. The van der Waals surface area contributed by atoms with E-state index in [4.69, 9.17) is 51.6 Å². The lowest BCUT2D eigenvalue weighted by Gasteiger charge is -2.44. The van der Waals surface area contributed by atoms with Gasteiger partial charge in [0.25, 0.3) is 0 Å². The second kappa shape index (κ2) is 20.1. The van der Waals surface area contributed by atoms with Gasteiger partial charge in [-0.15, -0.1) is 0 Å². The molecule has 0 unspecified atom stereocenters. The van der Waals surface area contributed by atoms with E-state index in [1.807, 2.05) is 60.7 Å². The number of nitrogens with zero attached hydrogens (tertiary/aromatic N) is 1. The highest BCUT2D eigenvalue weighted by atomic mass is 35.5. The molecular weight excluding hydrogens is 795 g/mol. The van der Waals surface area contributed by atoms with Crippen molar-refractivity contribution in [2.75, 3.05) is 41.0 Å². The van der Waals surface area contributed by atoms with Gasteiger partial charge in [-0.25, -0.2) is 9.78 Å². The third kappa shape index (κ3) is 10.7. The lowest BCUT2D eigenvalue weighted by molar-refractivity contribution is -0.377. The van der Waals surface area contributed by atoms with Crippen molar-refractivity contribution < 1.29 is 48.5 Å². The van der Waals surface area contributed by atoms with Crippen molar-refractivity contribution in [3.05, 3.63) is 147 Å². The molecule has 3 atom stereocenters. The van der Waals surface area contributed by atoms with Gasteiger partial charge < -0.3 is 33.9 Å². The number of ether oxygens (including phenoxy) is 6. The standard InChI is InChI=1S/C46H46Cl2N2O8.H2O/c1-53-36-19-29(18-34(21-36)46(52)58-42(23-38-39(47)25-49-26-40(38)48)33-12-13-41(54-2)43(22-33)55-3)28-56-35-11-7-10-32(20-35)37(30-8-5-4-6-9-30)24-45(51)57-44-27-50-16-14-31(44)15-17-50;/h4-13,18-22,25-26,31,37,42,44H,14-17,23-24,27-28H2,1-3H3;1H2/t37-,42-,44-;/m0./s1. The third-order valence-electron chi connectivity index (χ3n) is 11.0. The van der Waals surface area contributed by atoms with E-state index in [1.165, 1.54) is 14.2 Å². The molecule has 3 fully saturated rings. The van der Waals surface area contributed by atoms with Gasteiger partial charge in [0, 0.05) is 24.4 Å². The summed E-state index contributed by atoms with van der Waals surface area (Å²) in [5.74, 6) is 1.49. The quantitative estimate of drug-likeness (QED) is 0.0890. The number of fused-ring (bicyclic) bond motifs is 3. The Morgan fingerprint density at radius 2 is 1.51 bits per heavy atom. The number of piperidine rings is 3. The first kappa shape index (κ1) is 43.3. The first-order chi connectivity index (χ1) is 28.2. The number of aromatic amines is 1. The fourth-order valence-corrected chi connectivity index (χ4v) is 8.38. The Kier molecular flexibility index (Phi) is 14.7. The molecule has 0 amide bonds. The molecule has 3 aliphatic rings. The van der Waals surface area contributed by atoms with Crippen LogP contribution in [0.3, 0.4) is 0 Å². The van der Waals surface area contributed by atoms with Crippen LogP contribution in [0.15, 0.2) is 103 Å². The van der Waals surface area contributed by atoms with Crippen LogP contribution in [0.5, 0.6) is 23.0 Å². The van der Waals surface area contributed by atoms with E-state index in [0.717, 1.165) is 43.6 Å². The van der Waals surface area contributed by atoms with Crippen LogP contribution in [-0.2, 0) is 27.3 Å². The van der Waals surface area contributed by atoms with Gasteiger partial charge in [-0.1, -0.05) is 71.7 Å². The third-order valence-corrected chi connectivity index (χ3v) is 11.6. The highest BCUT2D eigenvalue weighted by Crippen LogP contribution is 2.37. The van der Waals surface area contributed by atoms with Crippen molar-refractivity contribution in [2.24, 2.45) is 5.92 Å². The molecule has 0 radical (unpaired) electrons. The SMILES string of the molecule is COc1cc(COc2cccc([C@@H](CC(=O)O[C@H]3CN4CCC3CC4)c3ccccc3)c2)cc(C(=O)O[C@@H](Cc2c(Cl)c[nH+]cc2Cl)c2ccc(OC)c(OC)c2)c1.[OH-]. The van der Waals surface area contributed by atoms with Gasteiger partial charge in [-0.2, -0.15) is 0 Å². The molecule has 59 heavy (non-hydrogen) atoms. The van der Waals surface area contributed by atoms with E-state index >= 15 is 0 Å². The molecular formula is C46H48Cl2N2O9. The Morgan fingerprint density at radius 3 is 2.19 bits per heavy atom. The molecule has 0 spiro atoms. The minimum Gasteiger partial charge on any atom is -0.870 e. The minimum atomic E-state index is -0.802. The highest BCUT2D eigenvalue weighted by molar-refractivity contribution is 6.35. The smallest absolute Gasteiger partial charge is 0.338 e.